The molecule has 4 rings (SSSR count). The highest BCUT2D eigenvalue weighted by molar-refractivity contribution is 5.93. The average Bonchev–Trinajstić information content (AvgIpc) is 3.24. The Morgan fingerprint density at radius 3 is 2.33 bits per heavy atom. The van der Waals surface area contributed by atoms with Crippen molar-refractivity contribution in [3.63, 3.8) is 0 Å². The van der Waals surface area contributed by atoms with Gasteiger partial charge in [-0.05, 0) is 60.0 Å². The van der Waals surface area contributed by atoms with E-state index in [9.17, 15) is 4.79 Å². The van der Waals surface area contributed by atoms with Gasteiger partial charge in [0.2, 0.25) is 0 Å². The minimum Gasteiger partial charge on any atom is -0.497 e. The lowest BCUT2D eigenvalue weighted by molar-refractivity contribution is -0.129. The van der Waals surface area contributed by atoms with Gasteiger partial charge in [0.15, 0.2) is 0 Å². The molecule has 0 saturated carbocycles. The van der Waals surface area contributed by atoms with Crippen molar-refractivity contribution in [2.24, 2.45) is 0 Å². The van der Waals surface area contributed by atoms with Gasteiger partial charge >= 0.3 is 0 Å². The summed E-state index contributed by atoms with van der Waals surface area (Å²) < 4.78 is 5.25. The van der Waals surface area contributed by atoms with Crippen LogP contribution in [0, 0.1) is 6.92 Å². The summed E-state index contributed by atoms with van der Waals surface area (Å²) in [5, 5.41) is 1.67. The van der Waals surface area contributed by atoms with Crippen LogP contribution >= 0.6 is 0 Å². The average molecular weight is 396 g/mol. The van der Waals surface area contributed by atoms with Crippen molar-refractivity contribution in [2.75, 3.05) is 7.11 Å². The number of benzene rings is 3. The maximum absolute atomic E-state index is 13.1. The number of nitrogens with zero attached hydrogens (tertiary/aromatic N) is 1. The molecule has 0 unspecified atom stereocenters. The predicted molar refractivity (Wildman–Crippen MR) is 120 cm³/mol. The summed E-state index contributed by atoms with van der Waals surface area (Å²) in [6.07, 6.45) is 5.52. The molecule has 150 valence electrons. The SMILES string of the molecule is COc1ccc(C2=C[C@@H](c3ccc(C)cc3)N(C(=O)/C=C/c3ccccc3)N2)cc1. The van der Waals surface area contributed by atoms with Crippen molar-refractivity contribution in [1.29, 1.82) is 0 Å². The molecule has 1 amide bonds. The fourth-order valence-corrected chi connectivity index (χ4v) is 3.41. The highest BCUT2D eigenvalue weighted by Gasteiger charge is 2.29. The topological polar surface area (TPSA) is 41.6 Å². The number of hydrogen-bond acceptors (Lipinski definition) is 3. The number of amides is 1. The first-order valence-electron chi connectivity index (χ1n) is 9.90. The maximum Gasteiger partial charge on any atom is 0.265 e. The second-order valence-electron chi connectivity index (χ2n) is 7.23. The van der Waals surface area contributed by atoms with E-state index in [0.29, 0.717) is 0 Å². The minimum absolute atomic E-state index is 0.107. The first kappa shape index (κ1) is 19.5. The summed E-state index contributed by atoms with van der Waals surface area (Å²) in [4.78, 5) is 13.1. The standard InChI is InChI=1S/C26H24N2O2/c1-19-8-11-22(12-9-19)25-18-24(21-13-15-23(30-2)16-14-21)27-28(25)26(29)17-10-20-6-4-3-5-7-20/h3-18,25,27H,1-2H3/b17-10+/t25-/m0/s1. The van der Waals surface area contributed by atoms with Crippen LogP contribution in [-0.4, -0.2) is 18.0 Å². The molecule has 0 bridgehead atoms. The van der Waals surface area contributed by atoms with Crippen molar-refractivity contribution < 1.29 is 9.53 Å². The molecule has 0 saturated heterocycles. The van der Waals surface area contributed by atoms with Gasteiger partial charge in [-0.15, -0.1) is 0 Å². The van der Waals surface area contributed by atoms with Gasteiger partial charge in [-0.1, -0.05) is 60.2 Å². The lowest BCUT2D eigenvalue weighted by Gasteiger charge is -2.24. The van der Waals surface area contributed by atoms with E-state index >= 15 is 0 Å². The first-order chi connectivity index (χ1) is 14.6. The number of methoxy groups -OCH3 is 1. The zero-order chi connectivity index (χ0) is 20.9. The summed E-state index contributed by atoms with van der Waals surface area (Å²) in [6.45, 7) is 2.06. The number of hydrazine groups is 1. The van der Waals surface area contributed by atoms with E-state index < -0.39 is 0 Å². The van der Waals surface area contributed by atoms with E-state index in [1.54, 1.807) is 18.2 Å². The Labute approximate surface area is 177 Å². The Kier molecular flexibility index (Phi) is 5.66. The molecule has 3 aromatic rings. The summed E-state index contributed by atoms with van der Waals surface area (Å²) in [5.41, 5.74) is 8.41. The zero-order valence-corrected chi connectivity index (χ0v) is 17.1. The summed E-state index contributed by atoms with van der Waals surface area (Å²) >= 11 is 0. The lowest BCUT2D eigenvalue weighted by atomic mass is 10.0. The molecule has 3 aromatic carbocycles. The molecule has 30 heavy (non-hydrogen) atoms. The Morgan fingerprint density at radius 1 is 0.967 bits per heavy atom. The van der Waals surface area contributed by atoms with E-state index in [1.807, 2.05) is 60.7 Å². The van der Waals surface area contributed by atoms with Gasteiger partial charge in [0, 0.05) is 6.08 Å². The van der Waals surface area contributed by atoms with Crippen LogP contribution in [0.15, 0.2) is 91.0 Å². The van der Waals surface area contributed by atoms with Gasteiger partial charge in [0.1, 0.15) is 5.75 Å². The Hall–Kier alpha value is -3.79. The summed E-state index contributed by atoms with van der Waals surface area (Å²) in [7, 11) is 1.65. The highest BCUT2D eigenvalue weighted by atomic mass is 16.5. The molecule has 0 fully saturated rings. The van der Waals surface area contributed by atoms with Gasteiger partial charge < -0.3 is 4.74 Å². The fourth-order valence-electron chi connectivity index (χ4n) is 3.41. The van der Waals surface area contributed by atoms with Gasteiger partial charge in [-0.2, -0.15) is 0 Å². The quantitative estimate of drug-likeness (QED) is 0.607. The van der Waals surface area contributed by atoms with Crippen LogP contribution in [0.3, 0.4) is 0 Å². The monoisotopic (exact) mass is 396 g/mol. The maximum atomic E-state index is 13.1. The van der Waals surface area contributed by atoms with E-state index in [0.717, 1.165) is 28.1 Å². The second-order valence-corrected chi connectivity index (χ2v) is 7.23. The largest absolute Gasteiger partial charge is 0.497 e. The van der Waals surface area contributed by atoms with E-state index in [4.69, 9.17) is 4.74 Å². The molecular weight excluding hydrogens is 372 g/mol. The van der Waals surface area contributed by atoms with E-state index in [1.165, 1.54) is 5.56 Å². The van der Waals surface area contributed by atoms with E-state index in [-0.39, 0.29) is 11.9 Å². The zero-order valence-electron chi connectivity index (χ0n) is 17.1. The van der Waals surface area contributed by atoms with Gasteiger partial charge in [-0.25, -0.2) is 5.01 Å². The third-order valence-electron chi connectivity index (χ3n) is 5.12. The fraction of sp³-hybridized carbons (Fsp3) is 0.115. The van der Waals surface area contributed by atoms with Crippen LogP contribution in [0.5, 0.6) is 5.75 Å². The normalized spacial score (nSPS) is 15.7. The Morgan fingerprint density at radius 2 is 1.67 bits per heavy atom. The minimum atomic E-state index is -0.198. The van der Waals surface area contributed by atoms with Crippen LogP contribution in [0.2, 0.25) is 0 Å². The smallest absolute Gasteiger partial charge is 0.265 e. The lowest BCUT2D eigenvalue weighted by Crippen LogP contribution is -2.38. The van der Waals surface area contributed by atoms with Crippen molar-refractivity contribution >= 4 is 17.7 Å². The van der Waals surface area contributed by atoms with Crippen molar-refractivity contribution in [2.45, 2.75) is 13.0 Å². The molecule has 0 aromatic heterocycles. The summed E-state index contributed by atoms with van der Waals surface area (Å²) in [6, 6.07) is 25.7. The number of rotatable bonds is 5. The number of hydrogen-bond donors (Lipinski definition) is 1. The van der Waals surface area contributed by atoms with Crippen LogP contribution in [0.25, 0.3) is 11.8 Å². The second kappa shape index (κ2) is 8.70. The van der Waals surface area contributed by atoms with Crippen LogP contribution in [0.4, 0.5) is 0 Å². The molecule has 4 nitrogen and oxygen atoms in total. The van der Waals surface area contributed by atoms with Gasteiger partial charge in [-0.3, -0.25) is 10.2 Å². The molecular formula is C26H24N2O2. The predicted octanol–water partition coefficient (Wildman–Crippen LogP) is 5.15. The van der Waals surface area contributed by atoms with Crippen LogP contribution in [-0.2, 0) is 4.79 Å². The first-order valence-corrected chi connectivity index (χ1v) is 9.90. The van der Waals surface area contributed by atoms with E-state index in [2.05, 4.69) is 42.7 Å². The number of carbonyl (C=O) groups is 1. The molecule has 1 N–H and O–H groups in total. The van der Waals surface area contributed by atoms with Crippen molar-refractivity contribution in [3.8, 4) is 5.75 Å². The molecule has 1 aliphatic heterocycles. The molecule has 0 radical (unpaired) electrons. The van der Waals surface area contributed by atoms with Gasteiger partial charge in [0.05, 0.1) is 18.8 Å². The highest BCUT2D eigenvalue weighted by Crippen LogP contribution is 2.32. The third kappa shape index (κ3) is 4.28. The molecule has 0 spiro atoms. The number of carbonyl (C=O) groups excluding carboxylic acids is 1. The number of aryl methyl sites for hydroxylation is 1. The Bertz CT molecular complexity index is 1070. The summed E-state index contributed by atoms with van der Waals surface area (Å²) in [5.74, 6) is 0.690. The number of nitrogens with one attached hydrogen (secondary N) is 1. The number of ether oxygens (including phenoxy) is 1. The molecule has 1 atom stereocenters. The molecule has 0 aliphatic carbocycles. The molecule has 1 aliphatic rings. The molecule has 4 heteroatoms. The van der Waals surface area contributed by atoms with Crippen molar-refractivity contribution in [3.05, 3.63) is 113 Å². The third-order valence-corrected chi connectivity index (χ3v) is 5.12. The van der Waals surface area contributed by atoms with Crippen LogP contribution in [0.1, 0.15) is 28.3 Å². The van der Waals surface area contributed by atoms with Crippen LogP contribution < -0.4 is 10.2 Å². The Balaban J connectivity index is 1.63. The van der Waals surface area contributed by atoms with Crippen molar-refractivity contribution in [1.82, 2.24) is 10.4 Å². The van der Waals surface area contributed by atoms with Gasteiger partial charge in [0.25, 0.3) is 5.91 Å². The molecule has 1 heterocycles.